The Kier molecular flexibility index (Phi) is 6.84. The summed E-state index contributed by atoms with van der Waals surface area (Å²) in [5.74, 6) is 0.128. The van der Waals surface area contributed by atoms with Crippen molar-refractivity contribution in [3.63, 3.8) is 0 Å². The van der Waals surface area contributed by atoms with Crippen LogP contribution >= 0.6 is 7.82 Å². The standard InChI is InChI=1S/C19H21N2O8P/c1-20(2)19(22)15-5-7-16(8-6-15)29-18-12-14(4-9-17(18)21(23)24)13-28-30(25)26-10-3-11-27-30/h4-9,12H,3,10-11,13H2,1-2H3. The first kappa shape index (κ1) is 21.9. The Balaban J connectivity index is 1.77. The van der Waals surface area contributed by atoms with E-state index in [9.17, 15) is 19.5 Å². The van der Waals surface area contributed by atoms with Crippen molar-refractivity contribution in [1.82, 2.24) is 4.90 Å². The Morgan fingerprint density at radius 3 is 2.43 bits per heavy atom. The van der Waals surface area contributed by atoms with E-state index < -0.39 is 12.7 Å². The van der Waals surface area contributed by atoms with Crippen molar-refractivity contribution in [3.8, 4) is 11.5 Å². The van der Waals surface area contributed by atoms with Crippen LogP contribution in [0, 0.1) is 10.1 Å². The highest BCUT2D eigenvalue weighted by Gasteiger charge is 2.30. The van der Waals surface area contributed by atoms with Crippen molar-refractivity contribution in [1.29, 1.82) is 0 Å². The topological polar surface area (TPSA) is 117 Å². The number of phosphoric acid groups is 1. The number of rotatable bonds is 7. The number of hydrogen-bond donors (Lipinski definition) is 0. The Morgan fingerprint density at radius 1 is 1.17 bits per heavy atom. The number of carbonyl (C=O) groups excluding carboxylic acids is 1. The maximum atomic E-state index is 12.3. The molecule has 1 aliphatic rings. The van der Waals surface area contributed by atoms with Gasteiger partial charge < -0.3 is 9.64 Å². The van der Waals surface area contributed by atoms with Crippen molar-refractivity contribution < 1.29 is 32.6 Å². The number of phosphoric ester groups is 1. The predicted molar refractivity (Wildman–Crippen MR) is 107 cm³/mol. The third kappa shape index (κ3) is 5.43. The van der Waals surface area contributed by atoms with Crippen LogP contribution in [0.15, 0.2) is 42.5 Å². The maximum absolute atomic E-state index is 12.3. The molecule has 1 amide bonds. The summed E-state index contributed by atoms with van der Waals surface area (Å²) in [6.45, 7) is 0.415. The van der Waals surface area contributed by atoms with Gasteiger partial charge in [0.05, 0.1) is 24.7 Å². The number of benzene rings is 2. The maximum Gasteiger partial charge on any atom is 0.475 e. The average Bonchev–Trinajstić information content (AvgIpc) is 2.73. The van der Waals surface area contributed by atoms with E-state index in [4.69, 9.17) is 18.3 Å². The minimum absolute atomic E-state index is 0.0171. The molecule has 2 aromatic rings. The van der Waals surface area contributed by atoms with Crippen LogP contribution in [-0.2, 0) is 24.7 Å². The first-order valence-corrected chi connectivity index (χ1v) is 10.5. The number of nitro groups is 1. The van der Waals surface area contributed by atoms with Gasteiger partial charge >= 0.3 is 13.5 Å². The van der Waals surface area contributed by atoms with Gasteiger partial charge in [0.25, 0.3) is 5.91 Å². The summed E-state index contributed by atoms with van der Waals surface area (Å²) in [5.41, 5.74) is 0.702. The van der Waals surface area contributed by atoms with Crippen molar-refractivity contribution in [2.75, 3.05) is 27.3 Å². The summed E-state index contributed by atoms with van der Waals surface area (Å²) in [6.07, 6.45) is 0.627. The van der Waals surface area contributed by atoms with E-state index in [1.165, 1.54) is 23.1 Å². The minimum atomic E-state index is -3.63. The van der Waals surface area contributed by atoms with Gasteiger partial charge in [0.2, 0.25) is 5.75 Å². The molecule has 0 aromatic heterocycles. The van der Waals surface area contributed by atoms with E-state index in [-0.39, 0.29) is 37.2 Å². The minimum Gasteiger partial charge on any atom is -0.450 e. The van der Waals surface area contributed by atoms with Crippen molar-refractivity contribution in [2.24, 2.45) is 0 Å². The molecule has 160 valence electrons. The van der Waals surface area contributed by atoms with Gasteiger partial charge in [-0.3, -0.25) is 28.5 Å². The molecule has 1 heterocycles. The van der Waals surface area contributed by atoms with Crippen LogP contribution in [0.5, 0.6) is 11.5 Å². The fourth-order valence-corrected chi connectivity index (χ4v) is 3.84. The van der Waals surface area contributed by atoms with Crippen molar-refractivity contribution in [3.05, 3.63) is 63.7 Å². The molecule has 3 rings (SSSR count). The highest BCUT2D eigenvalue weighted by molar-refractivity contribution is 7.48. The van der Waals surface area contributed by atoms with Crippen molar-refractivity contribution in [2.45, 2.75) is 13.0 Å². The lowest BCUT2D eigenvalue weighted by molar-refractivity contribution is -0.385. The van der Waals surface area contributed by atoms with E-state index in [2.05, 4.69) is 0 Å². The molecule has 0 atom stereocenters. The lowest BCUT2D eigenvalue weighted by atomic mass is 10.2. The second-order valence-electron chi connectivity index (χ2n) is 6.63. The van der Waals surface area contributed by atoms with Crippen LogP contribution in [0.1, 0.15) is 22.3 Å². The fraction of sp³-hybridized carbons (Fsp3) is 0.316. The number of carbonyl (C=O) groups is 1. The third-order valence-electron chi connectivity index (χ3n) is 4.13. The second-order valence-corrected chi connectivity index (χ2v) is 8.29. The fourth-order valence-electron chi connectivity index (χ4n) is 2.61. The van der Waals surface area contributed by atoms with Gasteiger partial charge in [-0.2, -0.15) is 0 Å². The molecule has 2 aromatic carbocycles. The third-order valence-corrected chi connectivity index (χ3v) is 5.58. The monoisotopic (exact) mass is 436 g/mol. The molecule has 0 unspecified atom stereocenters. The van der Waals surface area contributed by atoms with Crippen molar-refractivity contribution >= 4 is 19.4 Å². The molecule has 1 fully saturated rings. The summed E-state index contributed by atoms with van der Waals surface area (Å²) >= 11 is 0. The highest BCUT2D eigenvalue weighted by Crippen LogP contribution is 2.52. The molecule has 11 heteroatoms. The lowest BCUT2D eigenvalue weighted by Gasteiger charge is -2.21. The van der Waals surface area contributed by atoms with Crippen LogP contribution in [-0.4, -0.2) is 43.0 Å². The lowest BCUT2D eigenvalue weighted by Crippen LogP contribution is -2.21. The van der Waals surface area contributed by atoms with Gasteiger partial charge in [-0.25, -0.2) is 4.57 Å². The molecule has 1 aliphatic heterocycles. The number of amides is 1. The predicted octanol–water partition coefficient (Wildman–Crippen LogP) is 4.15. The Morgan fingerprint density at radius 2 is 1.83 bits per heavy atom. The molecular weight excluding hydrogens is 415 g/mol. The van der Waals surface area contributed by atoms with Crippen LogP contribution in [0.4, 0.5) is 5.69 Å². The van der Waals surface area contributed by atoms with E-state index in [0.717, 1.165) is 0 Å². The number of nitrogens with zero attached hydrogens (tertiary/aromatic N) is 2. The van der Waals surface area contributed by atoms with Gasteiger partial charge in [0, 0.05) is 25.7 Å². The first-order chi connectivity index (χ1) is 14.3. The smallest absolute Gasteiger partial charge is 0.450 e. The SMILES string of the molecule is CN(C)C(=O)c1ccc(Oc2cc(COP3(=O)OCCCO3)ccc2[N+](=O)[O-])cc1. The number of ether oxygens (including phenoxy) is 1. The van der Waals surface area contributed by atoms with Crippen LogP contribution in [0.25, 0.3) is 0 Å². The van der Waals surface area contributed by atoms with Crippen LogP contribution in [0.2, 0.25) is 0 Å². The zero-order valence-electron chi connectivity index (χ0n) is 16.5. The zero-order valence-corrected chi connectivity index (χ0v) is 17.4. The quantitative estimate of drug-likeness (QED) is 0.361. The Labute approximate surface area is 173 Å². The molecule has 0 saturated carbocycles. The highest BCUT2D eigenvalue weighted by atomic mass is 31.2. The molecular formula is C19H21N2O8P. The zero-order chi connectivity index (χ0) is 21.7. The van der Waals surface area contributed by atoms with Crippen LogP contribution < -0.4 is 4.74 Å². The normalized spacial score (nSPS) is 15.4. The number of hydrogen-bond acceptors (Lipinski definition) is 8. The van der Waals surface area contributed by atoms with Gasteiger partial charge in [0.15, 0.2) is 0 Å². The average molecular weight is 436 g/mol. The van der Waals surface area contributed by atoms with E-state index in [1.807, 2.05) is 0 Å². The molecule has 0 radical (unpaired) electrons. The van der Waals surface area contributed by atoms with Gasteiger partial charge in [-0.05, 0) is 48.4 Å². The largest absolute Gasteiger partial charge is 0.475 e. The molecule has 0 N–H and O–H groups in total. The van der Waals surface area contributed by atoms with Gasteiger partial charge in [-0.15, -0.1) is 0 Å². The second kappa shape index (κ2) is 9.36. The van der Waals surface area contributed by atoms with E-state index in [0.29, 0.717) is 23.3 Å². The van der Waals surface area contributed by atoms with Gasteiger partial charge in [0.1, 0.15) is 5.75 Å². The van der Waals surface area contributed by atoms with Crippen LogP contribution in [0.3, 0.4) is 0 Å². The molecule has 1 saturated heterocycles. The summed E-state index contributed by atoms with van der Waals surface area (Å²) in [6, 6.07) is 10.4. The van der Waals surface area contributed by atoms with E-state index >= 15 is 0 Å². The summed E-state index contributed by atoms with van der Waals surface area (Å²) in [4.78, 5) is 24.2. The first-order valence-electron chi connectivity index (χ1n) is 9.08. The number of nitro benzene ring substituents is 1. The molecule has 10 nitrogen and oxygen atoms in total. The summed E-state index contributed by atoms with van der Waals surface area (Å²) < 4.78 is 33.3. The molecule has 0 bridgehead atoms. The molecule has 0 aliphatic carbocycles. The molecule has 0 spiro atoms. The van der Waals surface area contributed by atoms with Gasteiger partial charge in [-0.1, -0.05) is 0 Å². The summed E-state index contributed by atoms with van der Waals surface area (Å²) in [7, 11) is -0.345. The van der Waals surface area contributed by atoms with E-state index in [1.54, 1.807) is 38.4 Å². The Bertz CT molecular complexity index is 967. The Hall–Kier alpha value is -2.78. The molecule has 30 heavy (non-hydrogen) atoms. The summed E-state index contributed by atoms with van der Waals surface area (Å²) in [5, 5.41) is 11.4.